The third kappa shape index (κ3) is 12.2. The van der Waals surface area contributed by atoms with E-state index in [9.17, 15) is 0 Å². The predicted octanol–water partition coefficient (Wildman–Crippen LogP) is -0.341. The molecule has 1 fully saturated rings. The minimum Gasteiger partial charge on any atom is -0.726 e. The van der Waals surface area contributed by atoms with Crippen LogP contribution in [0.4, 0.5) is 0 Å². The van der Waals surface area contributed by atoms with E-state index in [4.69, 9.17) is 22.3 Å². The lowest BCUT2D eigenvalue weighted by molar-refractivity contribution is 0.159. The van der Waals surface area contributed by atoms with Crippen LogP contribution in [0.25, 0.3) is 0 Å². The highest BCUT2D eigenvalue weighted by Gasteiger charge is 2.18. The van der Waals surface area contributed by atoms with E-state index in [1.165, 1.54) is 17.3 Å². The van der Waals surface area contributed by atoms with E-state index >= 15 is 0 Å². The maximum atomic E-state index is 8.63. The molecule has 0 amide bonds. The Labute approximate surface area is 81.4 Å². The van der Waals surface area contributed by atoms with E-state index < -0.39 is 10.4 Å². The molecule has 0 bridgehead atoms. The quantitative estimate of drug-likeness (QED) is 0.378. The van der Waals surface area contributed by atoms with Crippen LogP contribution in [0.5, 0.6) is 0 Å². The zero-order chi connectivity index (χ0) is 10.3. The van der Waals surface area contributed by atoms with Crippen LogP contribution in [0.1, 0.15) is 6.92 Å². The summed E-state index contributed by atoms with van der Waals surface area (Å²) in [6, 6.07) is 0. The Hall–Kier alpha value is 0.180. The van der Waals surface area contributed by atoms with Gasteiger partial charge in [-0.3, -0.25) is 4.55 Å². The number of hydrogen-bond donors (Lipinski definition) is 1. The third-order valence-electron chi connectivity index (χ3n) is 1.44. The van der Waals surface area contributed by atoms with Gasteiger partial charge < -0.3 is 9.29 Å². The van der Waals surface area contributed by atoms with E-state index in [1.807, 2.05) is 0 Å². The second kappa shape index (κ2) is 6.61. The van der Waals surface area contributed by atoms with Crippen molar-refractivity contribution >= 4 is 21.3 Å². The van der Waals surface area contributed by atoms with Crippen molar-refractivity contribution in [2.24, 2.45) is 0 Å². The Morgan fingerprint density at radius 1 is 1.46 bits per heavy atom. The molecule has 13 heavy (non-hydrogen) atoms. The summed E-state index contributed by atoms with van der Waals surface area (Å²) in [7, 11) is -4.19. The summed E-state index contributed by atoms with van der Waals surface area (Å²) < 4.78 is 38.0. The molecule has 0 aromatic heterocycles. The molecule has 1 heterocycles. The summed E-state index contributed by atoms with van der Waals surface area (Å²) in [6.45, 7) is 4.29. The Kier molecular flexibility index (Phi) is 6.70. The molecule has 1 aliphatic rings. The van der Waals surface area contributed by atoms with Gasteiger partial charge in [-0.15, -0.1) is 0 Å². The van der Waals surface area contributed by atoms with Crippen molar-refractivity contribution in [2.45, 2.75) is 6.92 Å². The maximum Gasteiger partial charge on any atom is 0.215 e. The first-order valence-electron chi connectivity index (χ1n) is 3.83. The molecule has 1 N–H and O–H groups in total. The van der Waals surface area contributed by atoms with Crippen molar-refractivity contribution in [3.63, 3.8) is 0 Å². The second-order valence-corrected chi connectivity index (χ2v) is 5.82. The minimum atomic E-state index is -4.92. The van der Waals surface area contributed by atoms with Gasteiger partial charge in [0.25, 0.3) is 0 Å². The first-order valence-corrected chi connectivity index (χ1v) is 6.93. The normalized spacial score (nSPS) is 19.0. The van der Waals surface area contributed by atoms with Crippen LogP contribution in [0, 0.1) is 0 Å². The molecule has 0 saturated carbocycles. The van der Waals surface area contributed by atoms with Crippen LogP contribution in [-0.4, -0.2) is 48.0 Å². The molecule has 1 rings (SSSR count). The van der Waals surface area contributed by atoms with Crippen LogP contribution in [0.2, 0.25) is 0 Å². The van der Waals surface area contributed by atoms with Crippen molar-refractivity contribution in [2.75, 3.05) is 30.5 Å². The first kappa shape index (κ1) is 13.2. The van der Waals surface area contributed by atoms with Gasteiger partial charge in [-0.1, -0.05) is 0 Å². The fourth-order valence-electron chi connectivity index (χ4n) is 0.846. The molecular weight excluding hydrogens is 216 g/mol. The molecule has 0 aromatic rings. The van der Waals surface area contributed by atoms with E-state index in [1.54, 1.807) is 0 Å². The zero-order valence-electron chi connectivity index (χ0n) is 7.43. The molecular formula is C6H14O5S2. The number of ether oxygens (including phenoxy) is 1. The van der Waals surface area contributed by atoms with Crippen LogP contribution < -0.4 is 0 Å². The topological polar surface area (TPSA) is 86.7 Å². The molecule has 7 heteroatoms. The summed E-state index contributed by atoms with van der Waals surface area (Å²) in [5, 5.41) is 0. The third-order valence-corrected chi connectivity index (χ3v) is 3.75. The second-order valence-electron chi connectivity index (χ2n) is 2.35. The van der Waals surface area contributed by atoms with Crippen LogP contribution in [-0.2, 0) is 26.0 Å². The van der Waals surface area contributed by atoms with E-state index in [-0.39, 0.29) is 0 Å². The molecule has 80 valence electrons. The summed E-state index contributed by atoms with van der Waals surface area (Å²) in [6.07, 6.45) is 0. The summed E-state index contributed by atoms with van der Waals surface area (Å²) in [4.78, 5) is 0. The summed E-state index contributed by atoms with van der Waals surface area (Å²) in [5.41, 5.74) is 0. The van der Waals surface area contributed by atoms with Crippen molar-refractivity contribution in [3.8, 4) is 0 Å². The van der Waals surface area contributed by atoms with Gasteiger partial charge in [0.1, 0.15) is 17.3 Å². The molecule has 0 unspecified atom stereocenters. The monoisotopic (exact) mass is 230 g/mol. The fraction of sp³-hybridized carbons (Fsp3) is 1.00. The minimum absolute atomic E-state index is 0.723. The molecule has 0 radical (unpaired) electrons. The average Bonchev–Trinajstić information content (AvgIpc) is 2.03. The lowest BCUT2D eigenvalue weighted by Crippen LogP contribution is -2.27. The van der Waals surface area contributed by atoms with Crippen molar-refractivity contribution in [1.82, 2.24) is 0 Å². The molecule has 0 aliphatic carbocycles. The average molecular weight is 230 g/mol. The molecule has 1 saturated heterocycles. The van der Waals surface area contributed by atoms with Crippen LogP contribution in [0.3, 0.4) is 0 Å². The van der Waals surface area contributed by atoms with Crippen LogP contribution >= 0.6 is 0 Å². The molecule has 0 atom stereocenters. The molecule has 0 aromatic carbocycles. The van der Waals surface area contributed by atoms with Crippen molar-refractivity contribution in [1.29, 1.82) is 0 Å². The van der Waals surface area contributed by atoms with Gasteiger partial charge >= 0.3 is 0 Å². The van der Waals surface area contributed by atoms with E-state index in [0.717, 1.165) is 24.1 Å². The van der Waals surface area contributed by atoms with Gasteiger partial charge in [-0.05, 0) is 17.8 Å². The Morgan fingerprint density at radius 2 is 1.85 bits per heavy atom. The summed E-state index contributed by atoms with van der Waals surface area (Å²) >= 11 is 0. The highest BCUT2D eigenvalue weighted by atomic mass is 32.3. The van der Waals surface area contributed by atoms with Crippen LogP contribution in [0.15, 0.2) is 0 Å². The van der Waals surface area contributed by atoms with Gasteiger partial charge in [0, 0.05) is 0 Å². The lowest BCUT2D eigenvalue weighted by Gasteiger charge is -2.11. The van der Waals surface area contributed by atoms with Gasteiger partial charge in [-0.25, -0.2) is 8.42 Å². The molecule has 1 aliphatic heterocycles. The molecule has 5 nitrogen and oxygen atoms in total. The number of rotatable bonds is 1. The Morgan fingerprint density at radius 3 is 2.08 bits per heavy atom. The number of hydrogen-bond acceptors (Lipinski definition) is 4. The smallest absolute Gasteiger partial charge is 0.215 e. The zero-order valence-corrected chi connectivity index (χ0v) is 9.07. The van der Waals surface area contributed by atoms with Gasteiger partial charge in [0.05, 0.1) is 13.2 Å². The Bertz CT molecular complexity index is 199. The standard InChI is InChI=1S/C6H13OS.H2O4S/c1-2-8-5-3-7-4-6-8;1-5(2,3)4/h2-6H2,1H3;(H2,1,2,3,4)/q+1;/p-1. The van der Waals surface area contributed by atoms with Gasteiger partial charge in [-0.2, -0.15) is 0 Å². The first-order chi connectivity index (χ1) is 5.93. The SMILES string of the molecule is CC[S+]1CCOCC1.O=S(=O)([O-])O. The molecule has 0 spiro atoms. The van der Waals surface area contributed by atoms with E-state index in [2.05, 4.69) is 6.92 Å². The predicted molar refractivity (Wildman–Crippen MR) is 50.8 cm³/mol. The lowest BCUT2D eigenvalue weighted by atomic mass is 10.8. The van der Waals surface area contributed by atoms with Crippen molar-refractivity contribution < 1.29 is 22.3 Å². The Balaban J connectivity index is 0.000000252. The largest absolute Gasteiger partial charge is 0.726 e. The summed E-state index contributed by atoms with van der Waals surface area (Å²) in [5.74, 6) is 4.00. The van der Waals surface area contributed by atoms with Gasteiger partial charge in [0.2, 0.25) is 10.4 Å². The highest BCUT2D eigenvalue weighted by Crippen LogP contribution is 2.01. The highest BCUT2D eigenvalue weighted by molar-refractivity contribution is 7.96. The van der Waals surface area contributed by atoms with Gasteiger partial charge in [0.15, 0.2) is 0 Å². The fourth-order valence-corrected chi connectivity index (χ4v) is 2.33. The van der Waals surface area contributed by atoms with Crippen molar-refractivity contribution in [3.05, 3.63) is 0 Å². The maximum absolute atomic E-state index is 8.63. The van der Waals surface area contributed by atoms with E-state index in [0.29, 0.717) is 0 Å².